The topological polar surface area (TPSA) is 75.3 Å². The predicted octanol–water partition coefficient (Wildman–Crippen LogP) is 1.87. The van der Waals surface area contributed by atoms with E-state index in [-0.39, 0.29) is 24.3 Å². The lowest BCUT2D eigenvalue weighted by Crippen LogP contribution is -2.09. The molecule has 1 aliphatic rings. The first kappa shape index (κ1) is 13.8. The molecule has 5 nitrogen and oxygen atoms in total. The van der Waals surface area contributed by atoms with E-state index in [4.69, 9.17) is 10.2 Å². The van der Waals surface area contributed by atoms with Gasteiger partial charge in [0.25, 0.3) is 0 Å². The SMILES string of the molecule is O=C(O)C1CC1c1cc(-c2ccc(F)cc2)nn1CCO. The number of aliphatic hydroxyl groups is 1. The zero-order chi connectivity index (χ0) is 15.0. The number of aromatic nitrogens is 2. The molecule has 0 spiro atoms. The van der Waals surface area contributed by atoms with Gasteiger partial charge in [-0.25, -0.2) is 4.39 Å². The average molecular weight is 290 g/mol. The minimum atomic E-state index is -0.805. The van der Waals surface area contributed by atoms with Crippen LogP contribution in [0.2, 0.25) is 0 Å². The Kier molecular flexibility index (Phi) is 3.47. The van der Waals surface area contributed by atoms with Gasteiger partial charge in [-0.05, 0) is 36.8 Å². The number of halogens is 1. The molecule has 1 fully saturated rings. The maximum Gasteiger partial charge on any atom is 0.307 e. The fourth-order valence-corrected chi connectivity index (χ4v) is 2.56. The number of nitrogens with zero attached hydrogens (tertiary/aromatic N) is 2. The van der Waals surface area contributed by atoms with E-state index >= 15 is 0 Å². The minimum absolute atomic E-state index is 0.0595. The van der Waals surface area contributed by atoms with Gasteiger partial charge in [-0.3, -0.25) is 9.48 Å². The third kappa shape index (κ3) is 2.67. The van der Waals surface area contributed by atoms with Gasteiger partial charge < -0.3 is 10.2 Å². The lowest BCUT2D eigenvalue weighted by Gasteiger charge is -2.03. The van der Waals surface area contributed by atoms with Crippen molar-refractivity contribution in [2.75, 3.05) is 6.61 Å². The number of carboxylic acids is 1. The van der Waals surface area contributed by atoms with Crippen molar-refractivity contribution in [2.24, 2.45) is 5.92 Å². The molecule has 1 heterocycles. The van der Waals surface area contributed by atoms with Gasteiger partial charge in [0.1, 0.15) is 5.82 Å². The van der Waals surface area contributed by atoms with Gasteiger partial charge in [0.05, 0.1) is 24.8 Å². The van der Waals surface area contributed by atoms with Gasteiger partial charge >= 0.3 is 5.97 Å². The highest BCUT2D eigenvalue weighted by molar-refractivity contribution is 5.75. The molecule has 1 aromatic carbocycles. The zero-order valence-electron chi connectivity index (χ0n) is 11.2. The van der Waals surface area contributed by atoms with E-state index in [1.807, 2.05) is 6.07 Å². The monoisotopic (exact) mass is 290 g/mol. The van der Waals surface area contributed by atoms with Crippen LogP contribution in [0.5, 0.6) is 0 Å². The Bertz CT molecular complexity index is 666. The molecule has 0 aliphatic heterocycles. The number of benzene rings is 1. The molecule has 1 saturated carbocycles. The summed E-state index contributed by atoms with van der Waals surface area (Å²) in [6.45, 7) is 0.251. The molecule has 2 aromatic rings. The molecule has 1 aliphatic carbocycles. The third-order valence-corrected chi connectivity index (χ3v) is 3.75. The number of carbonyl (C=O) groups is 1. The van der Waals surface area contributed by atoms with Crippen molar-refractivity contribution in [2.45, 2.75) is 18.9 Å². The van der Waals surface area contributed by atoms with Crippen LogP contribution in [0.1, 0.15) is 18.0 Å². The molecule has 0 bridgehead atoms. The predicted molar refractivity (Wildman–Crippen MR) is 73.2 cm³/mol. The second-order valence-corrected chi connectivity index (χ2v) is 5.20. The van der Waals surface area contributed by atoms with Gasteiger partial charge in [-0.2, -0.15) is 5.10 Å². The van der Waals surface area contributed by atoms with Crippen LogP contribution in [-0.4, -0.2) is 32.6 Å². The van der Waals surface area contributed by atoms with Crippen LogP contribution in [0.25, 0.3) is 11.3 Å². The number of hydrogen-bond donors (Lipinski definition) is 2. The first-order chi connectivity index (χ1) is 10.1. The third-order valence-electron chi connectivity index (χ3n) is 3.75. The van der Waals surface area contributed by atoms with E-state index < -0.39 is 5.97 Å². The normalized spacial score (nSPS) is 20.5. The quantitative estimate of drug-likeness (QED) is 0.881. The molecule has 2 unspecified atom stereocenters. The first-order valence-corrected chi connectivity index (χ1v) is 6.77. The van der Waals surface area contributed by atoms with Crippen molar-refractivity contribution in [1.82, 2.24) is 9.78 Å². The second-order valence-electron chi connectivity index (χ2n) is 5.20. The summed E-state index contributed by atoms with van der Waals surface area (Å²) in [5.74, 6) is -1.56. The Morgan fingerprint density at radius 2 is 2.10 bits per heavy atom. The molecule has 1 aromatic heterocycles. The van der Waals surface area contributed by atoms with E-state index in [1.54, 1.807) is 16.8 Å². The standard InChI is InChI=1S/C15H15FN2O3/c16-10-3-1-9(2-4-10)13-8-14(18(17-13)5-6-19)11-7-12(11)15(20)21/h1-4,8,11-12,19H,5-7H2,(H,20,21). The Morgan fingerprint density at radius 3 is 2.67 bits per heavy atom. The Morgan fingerprint density at radius 1 is 1.38 bits per heavy atom. The molecule has 0 amide bonds. The Labute approximate surface area is 120 Å². The summed E-state index contributed by atoms with van der Waals surface area (Å²) in [6, 6.07) is 7.81. The van der Waals surface area contributed by atoms with Crippen molar-refractivity contribution in [3.05, 3.63) is 41.8 Å². The second kappa shape index (κ2) is 5.29. The minimum Gasteiger partial charge on any atom is -0.481 e. The summed E-state index contributed by atoms with van der Waals surface area (Å²) in [7, 11) is 0. The molecule has 110 valence electrons. The summed E-state index contributed by atoms with van der Waals surface area (Å²) in [6.07, 6.45) is 0.593. The van der Waals surface area contributed by atoms with Gasteiger partial charge in [-0.1, -0.05) is 0 Å². The summed E-state index contributed by atoms with van der Waals surface area (Å²) in [5, 5.41) is 22.5. The number of hydrogen-bond acceptors (Lipinski definition) is 3. The number of aliphatic carboxylic acids is 1. The van der Waals surface area contributed by atoms with Crippen LogP contribution in [0.15, 0.2) is 30.3 Å². The van der Waals surface area contributed by atoms with Crippen LogP contribution >= 0.6 is 0 Å². The fraction of sp³-hybridized carbons (Fsp3) is 0.333. The molecule has 21 heavy (non-hydrogen) atoms. The number of rotatable bonds is 5. The van der Waals surface area contributed by atoms with Crippen LogP contribution in [0, 0.1) is 11.7 Å². The molecule has 0 radical (unpaired) electrons. The summed E-state index contributed by atoms with van der Waals surface area (Å²) < 4.78 is 14.6. The molecule has 2 N–H and O–H groups in total. The zero-order valence-corrected chi connectivity index (χ0v) is 11.2. The van der Waals surface area contributed by atoms with Crippen LogP contribution in [0.4, 0.5) is 4.39 Å². The van der Waals surface area contributed by atoms with Crippen molar-refractivity contribution >= 4 is 5.97 Å². The summed E-state index contributed by atoms with van der Waals surface area (Å²) in [4.78, 5) is 11.0. The van der Waals surface area contributed by atoms with Gasteiger partial charge in [0, 0.05) is 17.2 Å². The smallest absolute Gasteiger partial charge is 0.307 e. The number of aliphatic hydroxyl groups excluding tert-OH is 1. The highest BCUT2D eigenvalue weighted by atomic mass is 19.1. The fourth-order valence-electron chi connectivity index (χ4n) is 2.56. The van der Waals surface area contributed by atoms with Crippen LogP contribution < -0.4 is 0 Å². The van der Waals surface area contributed by atoms with Gasteiger partial charge in [-0.15, -0.1) is 0 Å². The van der Waals surface area contributed by atoms with E-state index in [1.165, 1.54) is 12.1 Å². The van der Waals surface area contributed by atoms with Crippen molar-refractivity contribution in [3.63, 3.8) is 0 Å². The molecular weight excluding hydrogens is 275 g/mol. The lowest BCUT2D eigenvalue weighted by molar-refractivity contribution is -0.138. The lowest BCUT2D eigenvalue weighted by atomic mass is 10.1. The van der Waals surface area contributed by atoms with E-state index in [9.17, 15) is 9.18 Å². The van der Waals surface area contributed by atoms with Crippen LogP contribution in [0.3, 0.4) is 0 Å². The molecule has 6 heteroatoms. The molecule has 3 rings (SSSR count). The van der Waals surface area contributed by atoms with Crippen molar-refractivity contribution < 1.29 is 19.4 Å². The van der Waals surface area contributed by atoms with Crippen LogP contribution in [-0.2, 0) is 11.3 Å². The molecular formula is C15H15FN2O3. The van der Waals surface area contributed by atoms with Crippen molar-refractivity contribution in [3.8, 4) is 11.3 Å². The first-order valence-electron chi connectivity index (χ1n) is 6.77. The molecule has 0 saturated heterocycles. The largest absolute Gasteiger partial charge is 0.481 e. The maximum atomic E-state index is 13.0. The van der Waals surface area contributed by atoms with E-state index in [2.05, 4.69) is 5.10 Å². The summed E-state index contributed by atoms with van der Waals surface area (Å²) >= 11 is 0. The van der Waals surface area contributed by atoms with E-state index in [0.29, 0.717) is 18.7 Å². The average Bonchev–Trinajstić information content (AvgIpc) is 3.15. The van der Waals surface area contributed by atoms with Crippen molar-refractivity contribution in [1.29, 1.82) is 0 Å². The number of carboxylic acid groups (broad SMARTS) is 1. The van der Waals surface area contributed by atoms with Gasteiger partial charge in [0.15, 0.2) is 0 Å². The van der Waals surface area contributed by atoms with E-state index in [0.717, 1.165) is 11.3 Å². The van der Waals surface area contributed by atoms with Gasteiger partial charge in [0.2, 0.25) is 0 Å². The maximum absolute atomic E-state index is 13.0. The molecule has 2 atom stereocenters. The highest BCUT2D eigenvalue weighted by Gasteiger charge is 2.46. The summed E-state index contributed by atoms with van der Waals surface area (Å²) in [5.41, 5.74) is 2.24. The Balaban J connectivity index is 1.93. The highest BCUT2D eigenvalue weighted by Crippen LogP contribution is 2.48. The Hall–Kier alpha value is -2.21.